The lowest BCUT2D eigenvalue weighted by atomic mass is 10.2. The van der Waals surface area contributed by atoms with Crippen LogP contribution in [0, 0.1) is 11.3 Å². The minimum Gasteiger partial charge on any atom is -0.496 e. The number of hydrogen-bond donors (Lipinski definition) is 0. The Morgan fingerprint density at radius 1 is 1.23 bits per heavy atom. The molecule has 1 aromatic heterocycles. The first-order valence-corrected chi connectivity index (χ1v) is 10.5. The number of nitrogens with zero attached hydrogens (tertiary/aromatic N) is 5. The van der Waals surface area contributed by atoms with Gasteiger partial charge in [-0.05, 0) is 36.4 Å². The fraction of sp³-hybridized carbons (Fsp3) is 0.238. The number of thioether (sulfide) groups is 1. The summed E-state index contributed by atoms with van der Waals surface area (Å²) in [5, 5.41) is 18.6. The molecule has 0 atom stereocenters. The number of rotatable bonds is 8. The molecule has 0 aliphatic rings. The molecule has 7 nitrogen and oxygen atoms in total. The van der Waals surface area contributed by atoms with Gasteiger partial charge in [-0.2, -0.15) is 5.26 Å². The second-order valence-corrected chi connectivity index (χ2v) is 7.71. The highest BCUT2D eigenvalue weighted by molar-refractivity contribution is 7.99. The second-order valence-electron chi connectivity index (χ2n) is 6.33. The fourth-order valence-corrected chi connectivity index (χ4v) is 3.79. The Hall–Kier alpha value is -3.02. The highest BCUT2D eigenvalue weighted by Gasteiger charge is 2.20. The number of nitriles is 1. The summed E-state index contributed by atoms with van der Waals surface area (Å²) in [6, 6.07) is 16.9. The standard InChI is InChI=1S/C21H20ClN5O2S/c1-26(13-5-12-23)19(28)14-30-21-25-24-20(17-6-3-4-7-18(17)29-2)27(21)16-10-8-15(22)9-11-16/h3-4,6-11H,5,13-14H2,1-2H3. The van der Waals surface area contributed by atoms with Gasteiger partial charge in [0.1, 0.15) is 5.75 Å². The predicted molar refractivity (Wildman–Crippen MR) is 117 cm³/mol. The maximum atomic E-state index is 12.4. The monoisotopic (exact) mass is 441 g/mol. The van der Waals surface area contributed by atoms with Gasteiger partial charge in [0, 0.05) is 24.3 Å². The molecule has 3 aromatic rings. The van der Waals surface area contributed by atoms with Crippen molar-refractivity contribution in [2.45, 2.75) is 11.6 Å². The van der Waals surface area contributed by atoms with Crippen molar-refractivity contribution in [3.8, 4) is 28.9 Å². The predicted octanol–water partition coefficient (Wildman–Crippen LogP) is 4.06. The lowest BCUT2D eigenvalue weighted by Crippen LogP contribution is -2.29. The lowest BCUT2D eigenvalue weighted by molar-refractivity contribution is -0.127. The Kier molecular flexibility index (Phi) is 7.33. The number of aromatic nitrogens is 3. The van der Waals surface area contributed by atoms with E-state index in [2.05, 4.69) is 10.2 Å². The van der Waals surface area contributed by atoms with Crippen molar-refractivity contribution in [1.29, 1.82) is 5.26 Å². The van der Waals surface area contributed by atoms with Gasteiger partial charge in [-0.25, -0.2) is 0 Å². The topological polar surface area (TPSA) is 84.0 Å². The molecule has 0 radical (unpaired) electrons. The van der Waals surface area contributed by atoms with E-state index in [1.807, 2.05) is 47.0 Å². The van der Waals surface area contributed by atoms with Crippen molar-refractivity contribution in [1.82, 2.24) is 19.7 Å². The molecule has 0 fully saturated rings. The van der Waals surface area contributed by atoms with Gasteiger partial charge in [0.15, 0.2) is 11.0 Å². The van der Waals surface area contributed by atoms with Crippen LogP contribution in [0.4, 0.5) is 0 Å². The molecule has 0 aliphatic carbocycles. The third-order valence-electron chi connectivity index (χ3n) is 4.38. The molecule has 1 heterocycles. The Labute approximate surface area is 184 Å². The van der Waals surface area contributed by atoms with Gasteiger partial charge >= 0.3 is 0 Å². The first-order chi connectivity index (χ1) is 14.5. The Bertz CT molecular complexity index is 1060. The minimum atomic E-state index is -0.0836. The molecule has 154 valence electrons. The van der Waals surface area contributed by atoms with Gasteiger partial charge in [0.2, 0.25) is 5.91 Å². The van der Waals surface area contributed by atoms with E-state index < -0.39 is 0 Å². The van der Waals surface area contributed by atoms with Crippen molar-refractivity contribution in [2.24, 2.45) is 0 Å². The van der Waals surface area contributed by atoms with Crippen LogP contribution in [0.15, 0.2) is 53.7 Å². The van der Waals surface area contributed by atoms with Crippen LogP contribution in [0.5, 0.6) is 5.75 Å². The van der Waals surface area contributed by atoms with Gasteiger partial charge in [-0.3, -0.25) is 9.36 Å². The Balaban J connectivity index is 1.96. The molecule has 0 saturated heterocycles. The van der Waals surface area contributed by atoms with Crippen LogP contribution >= 0.6 is 23.4 Å². The zero-order valence-corrected chi connectivity index (χ0v) is 18.2. The number of hydrogen-bond acceptors (Lipinski definition) is 6. The largest absolute Gasteiger partial charge is 0.496 e. The molecular formula is C21H20ClN5O2S. The molecule has 0 bridgehead atoms. The Morgan fingerprint density at radius 2 is 1.97 bits per heavy atom. The van der Waals surface area contributed by atoms with E-state index in [-0.39, 0.29) is 11.7 Å². The Morgan fingerprint density at radius 3 is 2.67 bits per heavy atom. The minimum absolute atomic E-state index is 0.0836. The zero-order valence-electron chi connectivity index (χ0n) is 16.6. The summed E-state index contributed by atoms with van der Waals surface area (Å²) >= 11 is 7.34. The van der Waals surface area contributed by atoms with Crippen LogP contribution in [0.3, 0.4) is 0 Å². The number of benzene rings is 2. The number of para-hydroxylation sites is 1. The first-order valence-electron chi connectivity index (χ1n) is 9.13. The van der Waals surface area contributed by atoms with Crippen molar-refractivity contribution >= 4 is 29.3 Å². The third kappa shape index (κ3) is 4.93. The normalized spacial score (nSPS) is 10.5. The van der Waals surface area contributed by atoms with E-state index in [0.29, 0.717) is 34.7 Å². The van der Waals surface area contributed by atoms with E-state index >= 15 is 0 Å². The third-order valence-corrected chi connectivity index (χ3v) is 5.54. The summed E-state index contributed by atoms with van der Waals surface area (Å²) < 4.78 is 7.37. The summed E-state index contributed by atoms with van der Waals surface area (Å²) in [6.07, 6.45) is 0.297. The summed E-state index contributed by atoms with van der Waals surface area (Å²) in [6.45, 7) is 0.395. The molecule has 1 amide bonds. The van der Waals surface area contributed by atoms with Crippen LogP contribution in [0.1, 0.15) is 6.42 Å². The number of amides is 1. The summed E-state index contributed by atoms with van der Waals surface area (Å²) in [7, 11) is 3.29. The van der Waals surface area contributed by atoms with E-state index in [1.54, 1.807) is 31.2 Å². The fourth-order valence-electron chi connectivity index (χ4n) is 2.77. The van der Waals surface area contributed by atoms with Crippen LogP contribution in [-0.2, 0) is 4.79 Å². The summed E-state index contributed by atoms with van der Waals surface area (Å²) in [5.41, 5.74) is 1.60. The molecule has 0 saturated carbocycles. The van der Waals surface area contributed by atoms with Crippen molar-refractivity contribution in [2.75, 3.05) is 26.5 Å². The maximum absolute atomic E-state index is 12.4. The molecule has 3 rings (SSSR count). The van der Waals surface area contributed by atoms with Gasteiger partial charge in [-0.15, -0.1) is 10.2 Å². The van der Waals surface area contributed by atoms with Gasteiger partial charge < -0.3 is 9.64 Å². The van der Waals surface area contributed by atoms with E-state index in [4.69, 9.17) is 21.6 Å². The average molecular weight is 442 g/mol. The van der Waals surface area contributed by atoms with Crippen molar-refractivity contribution in [3.05, 3.63) is 53.6 Å². The maximum Gasteiger partial charge on any atom is 0.232 e. The van der Waals surface area contributed by atoms with Gasteiger partial charge in [0.25, 0.3) is 0 Å². The SMILES string of the molecule is COc1ccccc1-c1nnc(SCC(=O)N(C)CCC#N)n1-c1ccc(Cl)cc1. The quantitative estimate of drug-likeness (QED) is 0.490. The average Bonchev–Trinajstić information content (AvgIpc) is 3.19. The van der Waals surface area contributed by atoms with E-state index in [9.17, 15) is 4.79 Å². The lowest BCUT2D eigenvalue weighted by Gasteiger charge is -2.15. The molecule has 0 N–H and O–H groups in total. The van der Waals surface area contributed by atoms with Crippen LogP contribution < -0.4 is 4.74 Å². The molecule has 0 spiro atoms. The van der Waals surface area contributed by atoms with Crippen LogP contribution in [-0.4, -0.2) is 52.0 Å². The van der Waals surface area contributed by atoms with Crippen molar-refractivity contribution in [3.63, 3.8) is 0 Å². The van der Waals surface area contributed by atoms with Gasteiger partial charge in [0.05, 0.1) is 30.9 Å². The molecule has 30 heavy (non-hydrogen) atoms. The van der Waals surface area contributed by atoms with E-state index in [1.165, 1.54) is 11.8 Å². The number of ether oxygens (including phenoxy) is 1. The highest BCUT2D eigenvalue weighted by Crippen LogP contribution is 2.33. The smallest absolute Gasteiger partial charge is 0.232 e. The number of halogens is 1. The summed E-state index contributed by atoms with van der Waals surface area (Å²) in [4.78, 5) is 13.9. The zero-order chi connectivity index (χ0) is 21.5. The summed E-state index contributed by atoms with van der Waals surface area (Å²) in [5.74, 6) is 1.37. The van der Waals surface area contributed by atoms with Crippen LogP contribution in [0.25, 0.3) is 17.1 Å². The molecular weight excluding hydrogens is 422 g/mol. The molecule has 0 aliphatic heterocycles. The first kappa shape index (κ1) is 21.7. The van der Waals surface area contributed by atoms with Crippen LogP contribution in [0.2, 0.25) is 5.02 Å². The number of carbonyl (C=O) groups is 1. The van der Waals surface area contributed by atoms with Crippen molar-refractivity contribution < 1.29 is 9.53 Å². The second kappa shape index (κ2) is 10.1. The number of methoxy groups -OCH3 is 1. The van der Waals surface area contributed by atoms with Gasteiger partial charge in [-0.1, -0.05) is 35.5 Å². The number of carbonyl (C=O) groups excluding carboxylic acids is 1. The van der Waals surface area contributed by atoms with E-state index in [0.717, 1.165) is 11.3 Å². The molecule has 9 heteroatoms. The molecule has 0 unspecified atom stereocenters. The molecule has 2 aromatic carbocycles. The highest BCUT2D eigenvalue weighted by atomic mass is 35.5.